The lowest BCUT2D eigenvalue weighted by Crippen LogP contribution is -2.23. The van der Waals surface area contributed by atoms with E-state index in [0.29, 0.717) is 5.69 Å². The van der Waals surface area contributed by atoms with Gasteiger partial charge in [0.2, 0.25) is 0 Å². The minimum absolute atomic E-state index is 0.427. The molecule has 1 aliphatic carbocycles. The number of rotatable bonds is 3. The molecule has 0 saturated heterocycles. The van der Waals surface area contributed by atoms with Crippen molar-refractivity contribution < 1.29 is 4.79 Å². The van der Waals surface area contributed by atoms with Crippen LogP contribution < -0.4 is 5.73 Å². The molecular weight excluding hydrogens is 288 g/mol. The molecule has 116 valence electrons. The maximum atomic E-state index is 11.8. The van der Waals surface area contributed by atoms with Gasteiger partial charge in [-0.1, -0.05) is 25.0 Å². The molecule has 1 aromatic carbocycles. The van der Waals surface area contributed by atoms with Crippen molar-refractivity contribution in [3.8, 4) is 11.3 Å². The molecule has 0 spiro atoms. The zero-order valence-corrected chi connectivity index (χ0v) is 12.8. The number of hydrogen-bond acceptors (Lipinski definition) is 4. The zero-order chi connectivity index (χ0) is 15.9. The van der Waals surface area contributed by atoms with Gasteiger partial charge in [0.05, 0.1) is 17.3 Å². The molecule has 5 nitrogen and oxygen atoms in total. The van der Waals surface area contributed by atoms with E-state index < -0.39 is 5.41 Å². The van der Waals surface area contributed by atoms with E-state index in [-0.39, 0.29) is 0 Å². The Labute approximate surface area is 134 Å². The summed E-state index contributed by atoms with van der Waals surface area (Å²) >= 11 is 0. The molecule has 2 heterocycles. The number of hydrogen-bond donors (Lipinski definition) is 1. The number of aldehydes is 1. The minimum atomic E-state index is -0.427. The fourth-order valence-corrected chi connectivity index (χ4v) is 3.62. The summed E-state index contributed by atoms with van der Waals surface area (Å²) in [6, 6.07) is 9.61. The highest BCUT2D eigenvalue weighted by Gasteiger charge is 2.38. The Kier molecular flexibility index (Phi) is 3.15. The molecule has 2 N–H and O–H groups in total. The lowest BCUT2D eigenvalue weighted by atomic mass is 9.82. The summed E-state index contributed by atoms with van der Waals surface area (Å²) in [6.07, 6.45) is 8.57. The van der Waals surface area contributed by atoms with Gasteiger partial charge in [-0.3, -0.25) is 0 Å². The number of aromatic nitrogens is 3. The van der Waals surface area contributed by atoms with E-state index in [2.05, 4.69) is 10.1 Å². The molecule has 1 saturated carbocycles. The van der Waals surface area contributed by atoms with Crippen LogP contribution in [0.15, 0.2) is 42.7 Å². The van der Waals surface area contributed by atoms with Crippen molar-refractivity contribution in [2.45, 2.75) is 31.1 Å². The highest BCUT2D eigenvalue weighted by atomic mass is 16.1. The predicted molar refractivity (Wildman–Crippen MR) is 89.0 cm³/mol. The number of nitrogen functional groups attached to an aromatic ring is 1. The first kappa shape index (κ1) is 13.9. The van der Waals surface area contributed by atoms with Crippen molar-refractivity contribution in [2.75, 3.05) is 5.73 Å². The second kappa shape index (κ2) is 5.19. The summed E-state index contributed by atoms with van der Waals surface area (Å²) in [5.41, 5.74) is 9.79. The van der Waals surface area contributed by atoms with E-state index in [1.54, 1.807) is 12.4 Å². The first-order chi connectivity index (χ1) is 11.2. The second-order valence-electron chi connectivity index (χ2n) is 6.23. The molecule has 23 heavy (non-hydrogen) atoms. The Morgan fingerprint density at radius 2 is 2.04 bits per heavy atom. The fourth-order valence-electron chi connectivity index (χ4n) is 3.62. The topological polar surface area (TPSA) is 73.3 Å². The van der Waals surface area contributed by atoms with Gasteiger partial charge in [0.15, 0.2) is 5.65 Å². The van der Waals surface area contributed by atoms with Crippen LogP contribution in [0.3, 0.4) is 0 Å². The molecule has 5 heteroatoms. The van der Waals surface area contributed by atoms with Gasteiger partial charge < -0.3 is 10.5 Å². The van der Waals surface area contributed by atoms with Crippen LogP contribution in [0.5, 0.6) is 0 Å². The summed E-state index contributed by atoms with van der Waals surface area (Å²) < 4.78 is 1.81. The molecule has 0 atom stereocenters. The van der Waals surface area contributed by atoms with E-state index in [9.17, 15) is 4.79 Å². The van der Waals surface area contributed by atoms with Crippen molar-refractivity contribution >= 4 is 17.6 Å². The van der Waals surface area contributed by atoms with Crippen molar-refractivity contribution in [1.82, 2.24) is 14.6 Å². The molecule has 0 aliphatic heterocycles. The van der Waals surface area contributed by atoms with E-state index >= 15 is 0 Å². The van der Waals surface area contributed by atoms with Crippen molar-refractivity contribution in [2.24, 2.45) is 0 Å². The summed E-state index contributed by atoms with van der Waals surface area (Å²) in [5, 5.41) is 4.52. The number of nitrogens with two attached hydrogens (primary N) is 1. The van der Waals surface area contributed by atoms with Crippen LogP contribution in [0.1, 0.15) is 31.2 Å². The number of nitrogens with zero attached hydrogens (tertiary/aromatic N) is 3. The van der Waals surface area contributed by atoms with Crippen LogP contribution in [-0.2, 0) is 10.2 Å². The third-order valence-corrected chi connectivity index (χ3v) is 4.84. The van der Waals surface area contributed by atoms with Crippen molar-refractivity contribution in [3.63, 3.8) is 0 Å². The number of benzene rings is 1. The van der Waals surface area contributed by atoms with Crippen molar-refractivity contribution in [3.05, 3.63) is 48.3 Å². The lowest BCUT2D eigenvalue weighted by molar-refractivity contribution is -0.112. The Hall–Kier alpha value is -2.69. The molecule has 0 radical (unpaired) electrons. The maximum Gasteiger partial charge on any atom is 0.159 e. The van der Waals surface area contributed by atoms with Gasteiger partial charge in [-0.05, 0) is 31.0 Å². The van der Waals surface area contributed by atoms with E-state index in [4.69, 9.17) is 5.73 Å². The zero-order valence-electron chi connectivity index (χ0n) is 12.8. The maximum absolute atomic E-state index is 11.8. The van der Waals surface area contributed by atoms with Crippen LogP contribution in [-0.4, -0.2) is 20.9 Å². The number of carbonyl (C=O) groups excluding carboxylic acids is 1. The van der Waals surface area contributed by atoms with E-state index in [0.717, 1.165) is 54.4 Å². The largest absolute Gasteiger partial charge is 0.399 e. The molecule has 1 fully saturated rings. The predicted octanol–water partition coefficient (Wildman–Crippen LogP) is 2.99. The molecule has 3 aromatic rings. The standard InChI is InChI=1S/C18H18N4O/c19-14-5-3-4-13(10-14)16-6-9-20-17-15(11-21-22(16)17)18(12-23)7-1-2-8-18/h3-6,9-12H,1-2,7-8,19H2. The molecule has 4 rings (SSSR count). The van der Waals surface area contributed by atoms with Crippen LogP contribution in [0, 0.1) is 0 Å². The number of fused-ring (bicyclic) bond motifs is 1. The monoisotopic (exact) mass is 306 g/mol. The summed E-state index contributed by atoms with van der Waals surface area (Å²) in [6.45, 7) is 0. The molecule has 2 aromatic heterocycles. The number of anilines is 1. The van der Waals surface area contributed by atoms with E-state index in [1.165, 1.54) is 0 Å². The highest BCUT2D eigenvalue weighted by molar-refractivity contribution is 5.75. The summed E-state index contributed by atoms with van der Waals surface area (Å²) in [7, 11) is 0. The van der Waals surface area contributed by atoms with Gasteiger partial charge in [0.25, 0.3) is 0 Å². The van der Waals surface area contributed by atoms with Gasteiger partial charge >= 0.3 is 0 Å². The first-order valence-corrected chi connectivity index (χ1v) is 7.89. The summed E-state index contributed by atoms with van der Waals surface area (Å²) in [5.74, 6) is 0. The average Bonchev–Trinajstić information content (AvgIpc) is 3.21. The van der Waals surface area contributed by atoms with Gasteiger partial charge in [0, 0.05) is 23.0 Å². The van der Waals surface area contributed by atoms with Crippen LogP contribution in [0.25, 0.3) is 16.9 Å². The van der Waals surface area contributed by atoms with Crippen LogP contribution in [0.2, 0.25) is 0 Å². The summed E-state index contributed by atoms with van der Waals surface area (Å²) in [4.78, 5) is 16.3. The lowest BCUT2D eigenvalue weighted by Gasteiger charge is -2.20. The third kappa shape index (κ3) is 2.11. The van der Waals surface area contributed by atoms with Crippen molar-refractivity contribution in [1.29, 1.82) is 0 Å². The Morgan fingerprint density at radius 1 is 1.22 bits per heavy atom. The third-order valence-electron chi connectivity index (χ3n) is 4.84. The smallest absolute Gasteiger partial charge is 0.159 e. The van der Waals surface area contributed by atoms with Crippen LogP contribution >= 0.6 is 0 Å². The van der Waals surface area contributed by atoms with Gasteiger partial charge in [0.1, 0.15) is 6.29 Å². The molecular formula is C18H18N4O. The first-order valence-electron chi connectivity index (χ1n) is 7.89. The highest BCUT2D eigenvalue weighted by Crippen LogP contribution is 2.41. The second-order valence-corrected chi connectivity index (χ2v) is 6.23. The molecule has 1 aliphatic rings. The molecule has 0 bridgehead atoms. The van der Waals surface area contributed by atoms with Gasteiger partial charge in [-0.15, -0.1) is 0 Å². The Balaban J connectivity index is 1.92. The molecule has 0 unspecified atom stereocenters. The minimum Gasteiger partial charge on any atom is -0.399 e. The van der Waals surface area contributed by atoms with E-state index in [1.807, 2.05) is 34.8 Å². The quantitative estimate of drug-likeness (QED) is 0.596. The Bertz CT molecular complexity index is 878. The fraction of sp³-hybridized carbons (Fsp3) is 0.278. The number of carbonyl (C=O) groups is 1. The normalized spacial score (nSPS) is 16.7. The Morgan fingerprint density at radius 3 is 2.78 bits per heavy atom. The van der Waals surface area contributed by atoms with Crippen LogP contribution in [0.4, 0.5) is 5.69 Å². The SMILES string of the molecule is Nc1cccc(-c2ccnc3c(C4(C=O)CCCC4)cnn23)c1. The van der Waals surface area contributed by atoms with Gasteiger partial charge in [-0.2, -0.15) is 5.10 Å². The average molecular weight is 306 g/mol. The van der Waals surface area contributed by atoms with Gasteiger partial charge in [-0.25, -0.2) is 9.50 Å². The molecule has 0 amide bonds.